The summed E-state index contributed by atoms with van der Waals surface area (Å²) in [4.78, 5) is 3.90. The molecule has 0 atom stereocenters. The number of hydrogen-bond donors (Lipinski definition) is 1. The van der Waals surface area contributed by atoms with Crippen LogP contribution in [0.2, 0.25) is 0 Å². The van der Waals surface area contributed by atoms with Crippen LogP contribution < -0.4 is 5.73 Å². The molecule has 0 radical (unpaired) electrons. The quantitative estimate of drug-likeness (QED) is 0.741. The van der Waals surface area contributed by atoms with Crippen LogP contribution in [0.5, 0.6) is 0 Å². The molecule has 102 valence electrons. The van der Waals surface area contributed by atoms with E-state index in [0.717, 1.165) is 12.1 Å². The van der Waals surface area contributed by atoms with Crippen molar-refractivity contribution in [3.05, 3.63) is 53.3 Å². The molecule has 0 spiro atoms. The maximum Gasteiger partial charge on any atom is 0.206 e. The molecular formula is C14H10F3N3. The molecule has 2 aromatic carbocycles. The Bertz CT molecular complexity index is 824. The van der Waals surface area contributed by atoms with Gasteiger partial charge in [0, 0.05) is 12.1 Å². The van der Waals surface area contributed by atoms with Crippen molar-refractivity contribution in [2.75, 3.05) is 5.73 Å². The number of benzene rings is 2. The third-order valence-electron chi connectivity index (χ3n) is 3.10. The fourth-order valence-electron chi connectivity index (χ4n) is 2.24. The summed E-state index contributed by atoms with van der Waals surface area (Å²) >= 11 is 0. The molecule has 1 aromatic heterocycles. The topological polar surface area (TPSA) is 43.8 Å². The van der Waals surface area contributed by atoms with Crippen LogP contribution in [-0.4, -0.2) is 9.55 Å². The Hall–Kier alpha value is -2.50. The van der Waals surface area contributed by atoms with Crippen LogP contribution >= 0.6 is 0 Å². The Morgan fingerprint density at radius 3 is 2.50 bits per heavy atom. The number of fused-ring (bicyclic) bond motifs is 1. The van der Waals surface area contributed by atoms with Crippen LogP contribution in [0.25, 0.3) is 16.7 Å². The maximum atomic E-state index is 13.7. The second kappa shape index (κ2) is 4.26. The summed E-state index contributed by atoms with van der Waals surface area (Å²) in [7, 11) is 0. The highest BCUT2D eigenvalue weighted by Gasteiger charge is 2.16. The van der Waals surface area contributed by atoms with Gasteiger partial charge in [-0.05, 0) is 30.7 Å². The predicted molar refractivity (Wildman–Crippen MR) is 70.1 cm³/mol. The minimum absolute atomic E-state index is 0.0132. The number of nitrogens with two attached hydrogens (primary N) is 1. The van der Waals surface area contributed by atoms with Gasteiger partial charge in [-0.25, -0.2) is 18.2 Å². The summed E-state index contributed by atoms with van der Waals surface area (Å²) in [6.45, 7) is 1.68. The van der Waals surface area contributed by atoms with Crippen molar-refractivity contribution >= 4 is 17.0 Å². The van der Waals surface area contributed by atoms with Gasteiger partial charge in [-0.3, -0.25) is 4.57 Å². The molecule has 0 fully saturated rings. The third kappa shape index (κ3) is 1.80. The van der Waals surface area contributed by atoms with Crippen molar-refractivity contribution in [1.82, 2.24) is 9.55 Å². The highest BCUT2D eigenvalue weighted by molar-refractivity contribution is 5.81. The van der Waals surface area contributed by atoms with Crippen molar-refractivity contribution in [3.8, 4) is 5.69 Å². The average Bonchev–Trinajstić information content (AvgIpc) is 2.67. The lowest BCUT2D eigenvalue weighted by Crippen LogP contribution is -2.03. The number of hydrogen-bond acceptors (Lipinski definition) is 2. The first kappa shape index (κ1) is 12.5. The van der Waals surface area contributed by atoms with E-state index in [4.69, 9.17) is 5.73 Å². The fourth-order valence-corrected chi connectivity index (χ4v) is 2.24. The Labute approximate surface area is 112 Å². The van der Waals surface area contributed by atoms with E-state index in [1.807, 2.05) is 0 Å². The predicted octanol–water partition coefficient (Wildman–Crippen LogP) is 3.33. The van der Waals surface area contributed by atoms with Gasteiger partial charge in [0.25, 0.3) is 0 Å². The number of rotatable bonds is 1. The summed E-state index contributed by atoms with van der Waals surface area (Å²) in [6, 6.07) is 5.95. The van der Waals surface area contributed by atoms with Crippen LogP contribution in [0.4, 0.5) is 19.1 Å². The van der Waals surface area contributed by atoms with Crippen LogP contribution in [0.1, 0.15) is 5.56 Å². The molecule has 0 aliphatic carbocycles. The lowest BCUT2D eigenvalue weighted by molar-refractivity contribution is 0.590. The van der Waals surface area contributed by atoms with Crippen LogP contribution in [-0.2, 0) is 0 Å². The van der Waals surface area contributed by atoms with Crippen molar-refractivity contribution in [1.29, 1.82) is 0 Å². The average molecular weight is 277 g/mol. The van der Waals surface area contributed by atoms with Gasteiger partial charge in [-0.1, -0.05) is 0 Å². The second-order valence-electron chi connectivity index (χ2n) is 4.49. The van der Waals surface area contributed by atoms with Crippen molar-refractivity contribution in [2.45, 2.75) is 6.92 Å². The van der Waals surface area contributed by atoms with Gasteiger partial charge in [-0.15, -0.1) is 0 Å². The molecule has 0 aliphatic rings. The van der Waals surface area contributed by atoms with E-state index >= 15 is 0 Å². The minimum Gasteiger partial charge on any atom is -0.369 e. The van der Waals surface area contributed by atoms with Crippen LogP contribution in [0.3, 0.4) is 0 Å². The van der Waals surface area contributed by atoms with Crippen molar-refractivity contribution < 1.29 is 13.2 Å². The van der Waals surface area contributed by atoms with Crippen molar-refractivity contribution in [2.24, 2.45) is 0 Å². The number of anilines is 1. The highest BCUT2D eigenvalue weighted by Crippen LogP contribution is 2.27. The fraction of sp³-hybridized carbons (Fsp3) is 0.0714. The van der Waals surface area contributed by atoms with Gasteiger partial charge < -0.3 is 5.73 Å². The lowest BCUT2D eigenvalue weighted by Gasteiger charge is -2.10. The number of imidazole rings is 1. The normalized spacial score (nSPS) is 11.2. The summed E-state index contributed by atoms with van der Waals surface area (Å²) in [5.41, 5.74) is 7.07. The molecule has 0 bridgehead atoms. The Morgan fingerprint density at radius 2 is 1.80 bits per heavy atom. The van der Waals surface area contributed by atoms with Gasteiger partial charge in [0.1, 0.15) is 17.2 Å². The van der Waals surface area contributed by atoms with E-state index in [9.17, 15) is 13.2 Å². The molecule has 20 heavy (non-hydrogen) atoms. The molecule has 3 rings (SSSR count). The molecule has 3 nitrogen and oxygen atoms in total. The second-order valence-corrected chi connectivity index (χ2v) is 4.49. The van der Waals surface area contributed by atoms with E-state index in [-0.39, 0.29) is 17.0 Å². The monoisotopic (exact) mass is 277 g/mol. The molecular weight excluding hydrogens is 267 g/mol. The van der Waals surface area contributed by atoms with Gasteiger partial charge in [0.2, 0.25) is 5.95 Å². The van der Waals surface area contributed by atoms with E-state index in [2.05, 4.69) is 4.98 Å². The van der Waals surface area contributed by atoms with Gasteiger partial charge >= 0.3 is 0 Å². The summed E-state index contributed by atoms with van der Waals surface area (Å²) < 4.78 is 41.6. The van der Waals surface area contributed by atoms with E-state index in [1.54, 1.807) is 6.92 Å². The van der Waals surface area contributed by atoms with Gasteiger partial charge in [0.05, 0.1) is 11.2 Å². The van der Waals surface area contributed by atoms with Crippen LogP contribution in [0, 0.1) is 24.4 Å². The Morgan fingerprint density at radius 1 is 1.05 bits per heavy atom. The molecule has 2 N–H and O–H groups in total. The first-order chi connectivity index (χ1) is 9.47. The Kier molecular flexibility index (Phi) is 2.67. The SMILES string of the molecule is Cc1cc(F)ccc1-n1c(N)nc2c(F)cc(F)cc21. The maximum absolute atomic E-state index is 13.7. The summed E-state index contributed by atoms with van der Waals surface area (Å²) in [5, 5.41) is 0. The first-order valence-electron chi connectivity index (χ1n) is 5.87. The molecule has 0 saturated heterocycles. The Balaban J connectivity index is 2.38. The first-order valence-corrected chi connectivity index (χ1v) is 5.87. The largest absolute Gasteiger partial charge is 0.369 e. The zero-order valence-electron chi connectivity index (χ0n) is 10.5. The molecule has 0 unspecified atom stereocenters. The van der Waals surface area contributed by atoms with Crippen LogP contribution in [0.15, 0.2) is 30.3 Å². The lowest BCUT2D eigenvalue weighted by atomic mass is 10.2. The smallest absolute Gasteiger partial charge is 0.206 e. The number of aryl methyl sites for hydroxylation is 1. The van der Waals surface area contributed by atoms with Gasteiger partial charge in [-0.2, -0.15) is 0 Å². The zero-order chi connectivity index (χ0) is 14.4. The highest BCUT2D eigenvalue weighted by atomic mass is 19.1. The number of aromatic nitrogens is 2. The van der Waals surface area contributed by atoms with Crippen molar-refractivity contribution in [3.63, 3.8) is 0 Å². The molecule has 3 aromatic rings. The van der Waals surface area contributed by atoms with Gasteiger partial charge in [0.15, 0.2) is 5.82 Å². The summed E-state index contributed by atoms with van der Waals surface area (Å²) in [5.74, 6) is -1.90. The van der Waals surface area contributed by atoms with E-state index in [0.29, 0.717) is 11.3 Å². The third-order valence-corrected chi connectivity index (χ3v) is 3.10. The molecule has 0 amide bonds. The standard InChI is InChI=1S/C14H10F3N3/c1-7-4-8(15)2-3-11(7)20-12-6-9(16)5-10(17)13(12)19-14(20)18/h2-6H,1H3,(H2,18,19). The molecule has 1 heterocycles. The molecule has 6 heteroatoms. The number of nitrogens with zero attached hydrogens (tertiary/aromatic N) is 2. The minimum atomic E-state index is -0.787. The zero-order valence-corrected chi connectivity index (χ0v) is 10.5. The molecule has 0 aliphatic heterocycles. The summed E-state index contributed by atoms with van der Waals surface area (Å²) in [6.07, 6.45) is 0. The number of nitrogen functional groups attached to an aromatic ring is 1. The van der Waals surface area contributed by atoms with E-state index < -0.39 is 17.5 Å². The number of halogens is 3. The van der Waals surface area contributed by atoms with E-state index in [1.165, 1.54) is 22.8 Å². The molecule has 0 saturated carbocycles.